The lowest BCUT2D eigenvalue weighted by atomic mass is 9.97. The fourth-order valence-corrected chi connectivity index (χ4v) is 4.67. The minimum Gasteiger partial charge on any atom is -0.370 e. The van der Waals surface area contributed by atoms with Crippen LogP contribution < -0.4 is 27.0 Å². The van der Waals surface area contributed by atoms with Crippen molar-refractivity contribution in [2.45, 2.75) is 31.5 Å². The zero-order chi connectivity index (χ0) is 20.7. The first-order chi connectivity index (χ1) is 14.6. The Morgan fingerprint density at radius 3 is 2.57 bits per heavy atom. The van der Waals surface area contributed by atoms with Crippen LogP contribution in [-0.4, -0.2) is 24.9 Å². The van der Waals surface area contributed by atoms with Crippen molar-refractivity contribution in [3.05, 3.63) is 70.5 Å². The van der Waals surface area contributed by atoms with E-state index in [0.717, 1.165) is 41.8 Å². The van der Waals surface area contributed by atoms with Crippen LogP contribution in [-0.2, 0) is 9.59 Å². The van der Waals surface area contributed by atoms with E-state index in [2.05, 4.69) is 45.5 Å². The topological polar surface area (TPSA) is 108 Å². The number of hydrogen-bond donors (Lipinski definition) is 5. The molecule has 2 unspecified atom stereocenters. The van der Waals surface area contributed by atoms with Crippen LogP contribution >= 0.6 is 0 Å². The highest BCUT2D eigenvalue weighted by Crippen LogP contribution is 2.46. The Labute approximate surface area is 175 Å². The number of rotatable bonds is 5. The molecule has 7 nitrogen and oxygen atoms in total. The van der Waals surface area contributed by atoms with Crippen molar-refractivity contribution < 1.29 is 9.59 Å². The molecule has 2 aromatic carbocycles. The zero-order valence-corrected chi connectivity index (χ0v) is 16.6. The molecule has 154 valence electrons. The number of nitrogens with one attached hydrogen (secondary N) is 4. The summed E-state index contributed by atoms with van der Waals surface area (Å²) in [7, 11) is 0. The molecule has 1 aliphatic carbocycles. The van der Waals surface area contributed by atoms with Crippen LogP contribution in [0.15, 0.2) is 53.9 Å². The van der Waals surface area contributed by atoms with Crippen molar-refractivity contribution in [3.8, 4) is 11.1 Å². The van der Waals surface area contributed by atoms with Crippen LogP contribution in [0.3, 0.4) is 0 Å². The maximum Gasteiger partial charge on any atom is 0.221 e. The molecule has 3 aliphatic rings. The Morgan fingerprint density at radius 2 is 1.73 bits per heavy atom. The van der Waals surface area contributed by atoms with Gasteiger partial charge in [0, 0.05) is 49.3 Å². The van der Waals surface area contributed by atoms with Crippen molar-refractivity contribution in [1.29, 1.82) is 0 Å². The van der Waals surface area contributed by atoms with Gasteiger partial charge in [0.25, 0.3) is 0 Å². The van der Waals surface area contributed by atoms with Gasteiger partial charge in [-0.2, -0.15) is 0 Å². The molecule has 2 atom stereocenters. The Balaban J connectivity index is 1.48. The number of nitrogens with two attached hydrogens (primary N) is 1. The number of hydrogen-bond acceptors (Lipinski definition) is 5. The van der Waals surface area contributed by atoms with Crippen molar-refractivity contribution in [2.24, 2.45) is 5.73 Å². The Hall–Kier alpha value is -3.32. The van der Waals surface area contributed by atoms with E-state index in [9.17, 15) is 9.59 Å². The summed E-state index contributed by atoms with van der Waals surface area (Å²) in [4.78, 5) is 23.5. The summed E-state index contributed by atoms with van der Waals surface area (Å²) >= 11 is 0. The fraction of sp³-hybridized carbons (Fsp3) is 0.304. The molecule has 0 radical (unpaired) electrons. The van der Waals surface area contributed by atoms with Gasteiger partial charge in [-0.15, -0.1) is 0 Å². The quantitative estimate of drug-likeness (QED) is 0.520. The third-order valence-electron chi connectivity index (χ3n) is 6.05. The molecule has 0 saturated carbocycles. The Bertz CT molecular complexity index is 1040. The third-order valence-corrected chi connectivity index (χ3v) is 6.05. The summed E-state index contributed by atoms with van der Waals surface area (Å²) in [6.07, 6.45) is 1.14. The molecule has 6 N–H and O–H groups in total. The predicted molar refractivity (Wildman–Crippen MR) is 114 cm³/mol. The summed E-state index contributed by atoms with van der Waals surface area (Å²) in [6.45, 7) is 1.83. The van der Waals surface area contributed by atoms with Gasteiger partial charge >= 0.3 is 0 Å². The first-order valence-electron chi connectivity index (χ1n) is 10.4. The van der Waals surface area contributed by atoms with Gasteiger partial charge in [0.2, 0.25) is 11.8 Å². The molecule has 0 spiro atoms. The molecular weight excluding hydrogens is 378 g/mol. The minimum absolute atomic E-state index is 0.00205. The second-order valence-electron chi connectivity index (χ2n) is 7.97. The van der Waals surface area contributed by atoms with Crippen molar-refractivity contribution >= 4 is 11.8 Å². The zero-order valence-electron chi connectivity index (χ0n) is 16.6. The lowest BCUT2D eigenvalue weighted by Crippen LogP contribution is -2.29. The second-order valence-corrected chi connectivity index (χ2v) is 7.97. The Morgan fingerprint density at radius 1 is 0.967 bits per heavy atom. The number of primary amides is 1. The molecule has 5 rings (SSSR count). The van der Waals surface area contributed by atoms with E-state index in [1.807, 2.05) is 18.2 Å². The van der Waals surface area contributed by atoms with Crippen LogP contribution in [0.25, 0.3) is 11.1 Å². The van der Waals surface area contributed by atoms with E-state index in [-0.39, 0.29) is 31.0 Å². The van der Waals surface area contributed by atoms with Gasteiger partial charge in [-0.3, -0.25) is 9.59 Å². The molecule has 2 heterocycles. The average molecular weight is 403 g/mol. The van der Waals surface area contributed by atoms with E-state index < -0.39 is 5.91 Å². The maximum absolute atomic E-state index is 12.5. The molecule has 0 bridgehead atoms. The van der Waals surface area contributed by atoms with Crippen LogP contribution in [0.2, 0.25) is 0 Å². The van der Waals surface area contributed by atoms with Crippen molar-refractivity contribution in [2.75, 3.05) is 13.1 Å². The normalized spacial score (nSPS) is 21.2. The van der Waals surface area contributed by atoms with Crippen molar-refractivity contribution in [3.63, 3.8) is 0 Å². The maximum atomic E-state index is 12.5. The molecule has 0 aromatic heterocycles. The minimum atomic E-state index is -0.469. The first kappa shape index (κ1) is 18.7. The fourth-order valence-electron chi connectivity index (χ4n) is 4.67. The number of benzene rings is 2. The van der Waals surface area contributed by atoms with E-state index in [1.165, 1.54) is 17.0 Å². The summed E-state index contributed by atoms with van der Waals surface area (Å²) < 4.78 is 0. The van der Waals surface area contributed by atoms with Gasteiger partial charge in [0.05, 0.1) is 6.04 Å². The highest BCUT2D eigenvalue weighted by Gasteiger charge is 2.35. The van der Waals surface area contributed by atoms with Gasteiger partial charge in [-0.05, 0) is 22.3 Å². The third kappa shape index (κ3) is 3.21. The summed E-state index contributed by atoms with van der Waals surface area (Å²) in [6, 6.07) is 14.2. The lowest BCUT2D eigenvalue weighted by molar-refractivity contribution is -0.125. The summed E-state index contributed by atoms with van der Waals surface area (Å²) in [5.41, 5.74) is 13.3. The van der Waals surface area contributed by atoms with Crippen LogP contribution in [0.5, 0.6) is 0 Å². The van der Waals surface area contributed by atoms with E-state index >= 15 is 0 Å². The lowest BCUT2D eigenvalue weighted by Gasteiger charge is -2.20. The summed E-state index contributed by atoms with van der Waals surface area (Å²) in [5, 5.41) is 13.8. The number of carbonyl (C=O) groups excluding carboxylic acids is 2. The standard InChI is InChI=1S/C23H25N5O2/c24-19(29)8-9-20(30)28-22-14-5-2-1-4-13(14)21-15(22)6-3-7-16(21)23-26-17-10-11-25-12-18(17)27-23/h1-7,22-23,25-27H,8-12H2,(H2,24,29)(H,28,30). The monoisotopic (exact) mass is 403 g/mol. The van der Waals surface area contributed by atoms with Gasteiger partial charge in [0.1, 0.15) is 6.17 Å². The van der Waals surface area contributed by atoms with Crippen LogP contribution in [0, 0.1) is 0 Å². The second kappa shape index (κ2) is 7.50. The Kier molecular flexibility index (Phi) is 4.67. The van der Waals surface area contributed by atoms with Gasteiger partial charge in [0.15, 0.2) is 0 Å². The number of fused-ring (bicyclic) bond motifs is 3. The van der Waals surface area contributed by atoms with E-state index in [4.69, 9.17) is 5.73 Å². The average Bonchev–Trinajstić information content (AvgIpc) is 3.32. The molecule has 2 aromatic rings. The summed E-state index contributed by atoms with van der Waals surface area (Å²) in [5.74, 6) is -0.642. The van der Waals surface area contributed by atoms with Crippen molar-refractivity contribution in [1.82, 2.24) is 21.3 Å². The molecule has 30 heavy (non-hydrogen) atoms. The van der Waals surface area contributed by atoms with Gasteiger partial charge in [-0.25, -0.2) is 0 Å². The SMILES string of the molecule is NC(=O)CCC(=O)NC1c2ccccc2-c2c(C3NC4=C(CNCC4)N3)cccc21. The van der Waals surface area contributed by atoms with E-state index in [1.54, 1.807) is 0 Å². The highest BCUT2D eigenvalue weighted by atomic mass is 16.2. The van der Waals surface area contributed by atoms with Crippen LogP contribution in [0.4, 0.5) is 0 Å². The molecule has 0 fully saturated rings. The smallest absolute Gasteiger partial charge is 0.221 e. The number of amides is 2. The van der Waals surface area contributed by atoms with Gasteiger partial charge < -0.3 is 27.0 Å². The predicted octanol–water partition coefficient (Wildman–Crippen LogP) is 1.53. The molecule has 0 saturated heterocycles. The molecule has 7 heteroatoms. The number of carbonyl (C=O) groups is 2. The van der Waals surface area contributed by atoms with Crippen LogP contribution in [0.1, 0.15) is 48.2 Å². The molecule has 2 amide bonds. The van der Waals surface area contributed by atoms with E-state index in [0.29, 0.717) is 0 Å². The molecule has 2 aliphatic heterocycles. The largest absolute Gasteiger partial charge is 0.370 e. The first-order valence-corrected chi connectivity index (χ1v) is 10.4. The molecular formula is C23H25N5O2. The van der Waals surface area contributed by atoms with Gasteiger partial charge in [-0.1, -0.05) is 42.5 Å². The highest BCUT2D eigenvalue weighted by molar-refractivity contribution is 5.87.